The van der Waals surface area contributed by atoms with E-state index < -0.39 is 6.29 Å². The number of carbonyl (C=O) groups is 2. The Balaban J connectivity index is 1.08. The van der Waals surface area contributed by atoms with E-state index >= 15 is 0 Å². The molecular weight excluding hydrogens is 652 g/mol. The van der Waals surface area contributed by atoms with Gasteiger partial charge in [0.25, 0.3) is 0 Å². The topological polar surface area (TPSA) is 126 Å². The van der Waals surface area contributed by atoms with Crippen LogP contribution in [0, 0.1) is 0 Å². The van der Waals surface area contributed by atoms with E-state index in [2.05, 4.69) is 58.0 Å². The van der Waals surface area contributed by atoms with E-state index in [1.807, 2.05) is 42.5 Å². The lowest BCUT2D eigenvalue weighted by atomic mass is 9.98. The highest BCUT2D eigenvalue weighted by atomic mass is 16.7. The summed E-state index contributed by atoms with van der Waals surface area (Å²) in [5, 5.41) is 15.4. The third-order valence-corrected chi connectivity index (χ3v) is 9.98. The highest BCUT2D eigenvalue weighted by Crippen LogP contribution is 2.39. The highest BCUT2D eigenvalue weighted by molar-refractivity contribution is 5.94. The van der Waals surface area contributed by atoms with Gasteiger partial charge in [0, 0.05) is 37.9 Å². The van der Waals surface area contributed by atoms with E-state index in [9.17, 15) is 14.7 Å². The molecule has 2 amide bonds. The van der Waals surface area contributed by atoms with Gasteiger partial charge >= 0.3 is 0 Å². The average Bonchev–Trinajstić information content (AvgIpc) is 3.16. The van der Waals surface area contributed by atoms with Crippen molar-refractivity contribution in [2.75, 3.05) is 30.7 Å². The van der Waals surface area contributed by atoms with E-state index in [4.69, 9.17) is 15.2 Å². The van der Waals surface area contributed by atoms with Crippen LogP contribution in [0.3, 0.4) is 0 Å². The van der Waals surface area contributed by atoms with Gasteiger partial charge in [-0.15, -0.1) is 0 Å². The fourth-order valence-electron chi connectivity index (χ4n) is 7.06. The number of aliphatic hydroxyl groups is 1. The molecule has 0 saturated carbocycles. The Morgan fingerprint density at radius 1 is 0.750 bits per heavy atom. The van der Waals surface area contributed by atoms with Gasteiger partial charge in [0.15, 0.2) is 6.29 Å². The summed E-state index contributed by atoms with van der Waals surface area (Å²) in [7, 11) is 0. The Morgan fingerprint density at radius 2 is 1.46 bits per heavy atom. The van der Waals surface area contributed by atoms with E-state index in [1.54, 1.807) is 12.1 Å². The van der Waals surface area contributed by atoms with Crippen LogP contribution in [0.5, 0.6) is 0 Å². The van der Waals surface area contributed by atoms with Gasteiger partial charge in [0.05, 0.1) is 30.2 Å². The molecule has 9 nitrogen and oxygen atoms in total. The van der Waals surface area contributed by atoms with Crippen molar-refractivity contribution in [1.29, 1.82) is 0 Å². The van der Waals surface area contributed by atoms with Crippen molar-refractivity contribution < 1.29 is 24.2 Å². The molecule has 5 N–H and O–H groups in total. The summed E-state index contributed by atoms with van der Waals surface area (Å²) in [6, 6.07) is 31.7. The van der Waals surface area contributed by atoms with Crippen molar-refractivity contribution in [3.05, 3.63) is 119 Å². The van der Waals surface area contributed by atoms with Crippen LogP contribution in [0.4, 0.5) is 11.4 Å². The van der Waals surface area contributed by atoms with Crippen LogP contribution in [0.25, 0.3) is 11.1 Å². The van der Waals surface area contributed by atoms with Gasteiger partial charge in [-0.25, -0.2) is 0 Å². The monoisotopic (exact) mass is 704 g/mol. The summed E-state index contributed by atoms with van der Waals surface area (Å²) in [5.41, 5.74) is 13.0. The molecule has 2 aliphatic rings. The second kappa shape index (κ2) is 18.8. The zero-order valence-electron chi connectivity index (χ0n) is 30.0. The Bertz CT molecular complexity index is 1750. The minimum atomic E-state index is -0.523. The second-order valence-electron chi connectivity index (χ2n) is 14.0. The standard InChI is InChI=1S/C43H52N4O5/c44-38-15-4-5-16-39(38)46-42(50)18-10-17-41(49)45-28-32-11-8-12-34(25-32)35-13-9-14-36(26-35)43-51-37(29-47-23-6-2-1-3-7-24-47)27-40(52-43)33-21-19-31(30-48)20-22-33/h4-5,8-9,11-16,19-22,25-26,37,40,43,48H,1-3,6-7,10,17-18,23-24,27-30,44H2,(H,45,49)(H,46,50). The van der Waals surface area contributed by atoms with Gasteiger partial charge in [-0.2, -0.15) is 0 Å². The van der Waals surface area contributed by atoms with E-state index in [0.29, 0.717) is 24.3 Å². The van der Waals surface area contributed by atoms with E-state index in [-0.39, 0.29) is 43.5 Å². The van der Waals surface area contributed by atoms with E-state index in [0.717, 1.165) is 59.4 Å². The molecule has 0 bridgehead atoms. The zero-order valence-corrected chi connectivity index (χ0v) is 30.0. The van der Waals surface area contributed by atoms with Crippen LogP contribution >= 0.6 is 0 Å². The summed E-state index contributed by atoms with van der Waals surface area (Å²) in [6.07, 6.45) is 7.45. The molecule has 274 valence electrons. The van der Waals surface area contributed by atoms with Crippen LogP contribution in [0.15, 0.2) is 97.1 Å². The molecule has 6 rings (SSSR count). The summed E-state index contributed by atoms with van der Waals surface area (Å²) in [5.74, 6) is -0.267. The number of anilines is 2. The molecular formula is C43H52N4O5. The quantitative estimate of drug-likeness (QED) is 0.105. The smallest absolute Gasteiger partial charge is 0.224 e. The Morgan fingerprint density at radius 3 is 2.23 bits per heavy atom. The number of nitrogens with one attached hydrogen (secondary N) is 2. The molecule has 3 unspecified atom stereocenters. The first kappa shape index (κ1) is 37.2. The Hall–Kier alpha value is -4.54. The lowest BCUT2D eigenvalue weighted by Gasteiger charge is -2.39. The fraction of sp³-hybridized carbons (Fsp3) is 0.395. The average molecular weight is 705 g/mol. The van der Waals surface area contributed by atoms with Crippen molar-refractivity contribution in [2.45, 2.75) is 89.4 Å². The number of ether oxygens (including phenoxy) is 2. The third-order valence-electron chi connectivity index (χ3n) is 9.98. The molecule has 0 aliphatic carbocycles. The molecule has 2 heterocycles. The van der Waals surface area contributed by atoms with Crippen molar-refractivity contribution in [2.24, 2.45) is 0 Å². The van der Waals surface area contributed by atoms with Gasteiger partial charge < -0.3 is 35.8 Å². The highest BCUT2D eigenvalue weighted by Gasteiger charge is 2.33. The second-order valence-corrected chi connectivity index (χ2v) is 14.0. The summed E-state index contributed by atoms with van der Waals surface area (Å²) >= 11 is 0. The van der Waals surface area contributed by atoms with Crippen molar-refractivity contribution in [3.63, 3.8) is 0 Å². The largest absolute Gasteiger partial charge is 0.397 e. The number of amides is 2. The number of nitrogen functional groups attached to an aromatic ring is 1. The minimum Gasteiger partial charge on any atom is -0.397 e. The maximum atomic E-state index is 12.6. The van der Waals surface area contributed by atoms with Crippen LogP contribution in [0.1, 0.15) is 92.4 Å². The SMILES string of the molecule is Nc1ccccc1NC(=O)CCCC(=O)NCc1cccc(-c2cccc(C3OC(CN4CCCCCCC4)CC(c4ccc(CO)cc4)O3)c2)c1. The van der Waals surface area contributed by atoms with Gasteiger partial charge in [-0.3, -0.25) is 9.59 Å². The number of nitrogens with two attached hydrogens (primary N) is 1. The van der Waals surface area contributed by atoms with Crippen molar-refractivity contribution in [1.82, 2.24) is 10.2 Å². The Kier molecular flexibility index (Phi) is 13.5. The molecule has 3 atom stereocenters. The number of para-hydroxylation sites is 2. The molecule has 2 aliphatic heterocycles. The number of hydrogen-bond donors (Lipinski definition) is 4. The molecule has 2 saturated heterocycles. The molecule has 0 radical (unpaired) electrons. The summed E-state index contributed by atoms with van der Waals surface area (Å²) in [4.78, 5) is 27.5. The van der Waals surface area contributed by atoms with Gasteiger partial charge in [0.2, 0.25) is 11.8 Å². The number of rotatable bonds is 13. The first-order valence-electron chi connectivity index (χ1n) is 18.8. The normalized spacial score (nSPS) is 19.7. The molecule has 0 spiro atoms. The number of likely N-dealkylation sites (tertiary alicyclic amines) is 1. The van der Waals surface area contributed by atoms with Crippen LogP contribution < -0.4 is 16.4 Å². The first-order valence-corrected chi connectivity index (χ1v) is 18.8. The fourth-order valence-corrected chi connectivity index (χ4v) is 7.06. The number of carbonyl (C=O) groups excluding carboxylic acids is 2. The number of hydrogen-bond acceptors (Lipinski definition) is 7. The predicted molar refractivity (Wildman–Crippen MR) is 205 cm³/mol. The summed E-state index contributed by atoms with van der Waals surface area (Å²) in [6.45, 7) is 3.50. The first-order chi connectivity index (χ1) is 25.4. The third kappa shape index (κ3) is 10.7. The molecule has 4 aromatic carbocycles. The lowest BCUT2D eigenvalue weighted by molar-refractivity contribution is -0.253. The zero-order chi connectivity index (χ0) is 36.1. The lowest BCUT2D eigenvalue weighted by Crippen LogP contribution is -2.40. The number of benzene rings is 4. The molecule has 9 heteroatoms. The molecule has 0 aromatic heterocycles. The van der Waals surface area contributed by atoms with Crippen LogP contribution in [-0.4, -0.2) is 47.6 Å². The van der Waals surface area contributed by atoms with Gasteiger partial charge in [0.1, 0.15) is 0 Å². The predicted octanol–water partition coefficient (Wildman–Crippen LogP) is 7.66. The maximum absolute atomic E-state index is 12.6. The minimum absolute atomic E-state index is 0.0156. The van der Waals surface area contributed by atoms with Gasteiger partial charge in [-0.1, -0.05) is 92.1 Å². The molecule has 4 aromatic rings. The number of aliphatic hydroxyl groups excluding tert-OH is 1. The van der Waals surface area contributed by atoms with Crippen molar-refractivity contribution >= 4 is 23.2 Å². The Labute approximate surface area is 307 Å². The van der Waals surface area contributed by atoms with Crippen LogP contribution in [-0.2, 0) is 32.2 Å². The van der Waals surface area contributed by atoms with E-state index in [1.165, 1.54) is 32.1 Å². The van der Waals surface area contributed by atoms with Crippen molar-refractivity contribution in [3.8, 4) is 11.1 Å². The number of nitrogens with zero attached hydrogens (tertiary/aromatic N) is 1. The van der Waals surface area contributed by atoms with Crippen LogP contribution in [0.2, 0.25) is 0 Å². The summed E-state index contributed by atoms with van der Waals surface area (Å²) < 4.78 is 13.4. The maximum Gasteiger partial charge on any atom is 0.224 e. The van der Waals surface area contributed by atoms with Gasteiger partial charge in [-0.05, 0) is 84.4 Å². The molecule has 52 heavy (non-hydrogen) atoms. The molecule has 2 fully saturated rings.